The number of benzene rings is 3. The first-order valence-corrected chi connectivity index (χ1v) is 10.2. The van der Waals surface area contributed by atoms with Gasteiger partial charge < -0.3 is 0 Å². The summed E-state index contributed by atoms with van der Waals surface area (Å²) in [6, 6.07) is 23.5. The SMILES string of the molecule is O=C(NNC(=O)c1ccccc1Br)c1ccc(Cn2nnc(-c3ccccc3)n2)cc1. The molecule has 0 fully saturated rings. The van der Waals surface area contributed by atoms with Crippen molar-refractivity contribution in [3.05, 3.63) is 100 Å². The second-order valence-electron chi connectivity index (χ2n) is 6.59. The molecule has 4 rings (SSSR count). The Morgan fingerprint density at radius 2 is 1.52 bits per heavy atom. The molecule has 0 saturated heterocycles. The van der Waals surface area contributed by atoms with Crippen molar-refractivity contribution >= 4 is 27.7 Å². The van der Waals surface area contributed by atoms with Crippen molar-refractivity contribution in [2.24, 2.45) is 0 Å². The molecule has 0 spiro atoms. The van der Waals surface area contributed by atoms with Crippen LogP contribution < -0.4 is 10.9 Å². The van der Waals surface area contributed by atoms with E-state index >= 15 is 0 Å². The molecule has 9 heteroatoms. The van der Waals surface area contributed by atoms with E-state index in [1.165, 1.54) is 4.80 Å². The van der Waals surface area contributed by atoms with Gasteiger partial charge >= 0.3 is 0 Å². The fourth-order valence-electron chi connectivity index (χ4n) is 2.84. The van der Waals surface area contributed by atoms with Crippen molar-refractivity contribution in [3.63, 3.8) is 0 Å². The molecule has 31 heavy (non-hydrogen) atoms. The van der Waals surface area contributed by atoms with Crippen molar-refractivity contribution in [1.29, 1.82) is 0 Å². The first-order chi connectivity index (χ1) is 15.1. The monoisotopic (exact) mass is 476 g/mol. The van der Waals surface area contributed by atoms with Gasteiger partial charge in [-0.05, 0) is 51.0 Å². The largest absolute Gasteiger partial charge is 0.270 e. The molecule has 154 valence electrons. The summed E-state index contributed by atoms with van der Waals surface area (Å²) in [6.45, 7) is 0.417. The molecular formula is C22H17BrN6O2. The number of carbonyl (C=O) groups excluding carboxylic acids is 2. The van der Waals surface area contributed by atoms with E-state index in [1.54, 1.807) is 48.5 Å². The summed E-state index contributed by atoms with van der Waals surface area (Å²) < 4.78 is 0.642. The molecule has 0 aliphatic heterocycles. The summed E-state index contributed by atoms with van der Waals surface area (Å²) in [5, 5.41) is 12.5. The number of hydrogen-bond donors (Lipinski definition) is 2. The molecule has 2 amide bonds. The lowest BCUT2D eigenvalue weighted by molar-refractivity contribution is 0.0846. The highest BCUT2D eigenvalue weighted by Crippen LogP contribution is 2.15. The van der Waals surface area contributed by atoms with Gasteiger partial charge in [-0.15, -0.1) is 10.2 Å². The lowest BCUT2D eigenvalue weighted by Gasteiger charge is -2.09. The molecule has 4 aromatic rings. The Morgan fingerprint density at radius 1 is 0.839 bits per heavy atom. The van der Waals surface area contributed by atoms with Crippen LogP contribution in [0.1, 0.15) is 26.3 Å². The number of halogens is 1. The van der Waals surface area contributed by atoms with Crippen molar-refractivity contribution in [1.82, 2.24) is 31.1 Å². The number of aromatic nitrogens is 4. The molecule has 0 aliphatic rings. The van der Waals surface area contributed by atoms with Gasteiger partial charge in [0.15, 0.2) is 0 Å². The summed E-state index contributed by atoms with van der Waals surface area (Å²) in [5.41, 5.74) is 7.46. The highest BCUT2D eigenvalue weighted by atomic mass is 79.9. The molecule has 0 saturated carbocycles. The minimum absolute atomic E-state index is 0.410. The van der Waals surface area contributed by atoms with Crippen molar-refractivity contribution < 1.29 is 9.59 Å². The van der Waals surface area contributed by atoms with Gasteiger partial charge in [0.05, 0.1) is 12.1 Å². The summed E-state index contributed by atoms with van der Waals surface area (Å²) in [7, 11) is 0. The van der Waals surface area contributed by atoms with E-state index in [1.807, 2.05) is 30.3 Å². The number of tetrazole rings is 1. The van der Waals surface area contributed by atoms with E-state index in [9.17, 15) is 9.59 Å². The minimum atomic E-state index is -0.419. The van der Waals surface area contributed by atoms with Gasteiger partial charge in [-0.2, -0.15) is 4.80 Å². The topological polar surface area (TPSA) is 102 Å². The third kappa shape index (κ3) is 5.01. The number of hydrogen-bond acceptors (Lipinski definition) is 5. The van der Waals surface area contributed by atoms with E-state index in [0.717, 1.165) is 11.1 Å². The Kier molecular flexibility index (Phi) is 6.13. The van der Waals surface area contributed by atoms with Crippen LogP contribution in [0.5, 0.6) is 0 Å². The molecule has 3 aromatic carbocycles. The Morgan fingerprint density at radius 3 is 2.26 bits per heavy atom. The maximum Gasteiger partial charge on any atom is 0.270 e. The Bertz CT molecular complexity index is 1210. The Balaban J connectivity index is 1.35. The Hall–Kier alpha value is -3.85. The fraction of sp³-hybridized carbons (Fsp3) is 0.0455. The lowest BCUT2D eigenvalue weighted by Crippen LogP contribution is -2.41. The predicted octanol–water partition coefficient (Wildman–Crippen LogP) is 3.23. The first kappa shape index (κ1) is 20.4. The van der Waals surface area contributed by atoms with Gasteiger partial charge in [0.25, 0.3) is 11.8 Å². The fourth-order valence-corrected chi connectivity index (χ4v) is 3.30. The van der Waals surface area contributed by atoms with Crippen LogP contribution in [0.15, 0.2) is 83.3 Å². The maximum atomic E-state index is 12.3. The predicted molar refractivity (Wildman–Crippen MR) is 118 cm³/mol. The van der Waals surface area contributed by atoms with Crippen LogP contribution in [0, 0.1) is 0 Å². The average molecular weight is 477 g/mol. The molecule has 0 aliphatic carbocycles. The van der Waals surface area contributed by atoms with Gasteiger partial charge in [-0.3, -0.25) is 20.4 Å². The van der Waals surface area contributed by atoms with Gasteiger partial charge in [0, 0.05) is 15.6 Å². The van der Waals surface area contributed by atoms with Crippen molar-refractivity contribution in [2.75, 3.05) is 0 Å². The number of nitrogens with zero attached hydrogens (tertiary/aromatic N) is 4. The summed E-state index contributed by atoms with van der Waals surface area (Å²) in [5.74, 6) is -0.279. The maximum absolute atomic E-state index is 12.3. The van der Waals surface area contributed by atoms with E-state index in [0.29, 0.717) is 28.0 Å². The van der Waals surface area contributed by atoms with Crippen LogP contribution in [0.4, 0.5) is 0 Å². The van der Waals surface area contributed by atoms with E-state index in [4.69, 9.17) is 0 Å². The number of nitrogens with one attached hydrogen (secondary N) is 2. The highest BCUT2D eigenvalue weighted by molar-refractivity contribution is 9.10. The molecule has 2 N–H and O–H groups in total. The molecule has 0 radical (unpaired) electrons. The number of hydrazine groups is 1. The van der Waals surface area contributed by atoms with Crippen molar-refractivity contribution in [2.45, 2.75) is 6.54 Å². The molecule has 0 bridgehead atoms. The van der Waals surface area contributed by atoms with Crippen LogP contribution >= 0.6 is 15.9 Å². The quantitative estimate of drug-likeness (QED) is 0.430. The van der Waals surface area contributed by atoms with Crippen LogP contribution in [0.25, 0.3) is 11.4 Å². The highest BCUT2D eigenvalue weighted by Gasteiger charge is 2.12. The zero-order chi connectivity index (χ0) is 21.6. The van der Waals surface area contributed by atoms with E-state index in [2.05, 4.69) is 42.2 Å². The summed E-state index contributed by atoms with van der Waals surface area (Å²) in [6.07, 6.45) is 0. The Labute approximate surface area is 186 Å². The third-order valence-electron chi connectivity index (χ3n) is 4.43. The summed E-state index contributed by atoms with van der Waals surface area (Å²) in [4.78, 5) is 26.0. The zero-order valence-electron chi connectivity index (χ0n) is 16.2. The van der Waals surface area contributed by atoms with Gasteiger partial charge in [0.2, 0.25) is 5.82 Å². The minimum Gasteiger partial charge on any atom is -0.267 e. The van der Waals surface area contributed by atoms with Crippen molar-refractivity contribution in [3.8, 4) is 11.4 Å². The molecule has 0 atom stereocenters. The van der Waals surface area contributed by atoms with Gasteiger partial charge in [-0.25, -0.2) is 0 Å². The summed E-state index contributed by atoms with van der Waals surface area (Å²) >= 11 is 3.31. The number of rotatable bonds is 5. The van der Waals surface area contributed by atoms with Crippen LogP contribution in [-0.4, -0.2) is 32.0 Å². The first-order valence-electron chi connectivity index (χ1n) is 9.37. The van der Waals surface area contributed by atoms with Gasteiger partial charge in [-0.1, -0.05) is 54.6 Å². The molecule has 8 nitrogen and oxygen atoms in total. The smallest absolute Gasteiger partial charge is 0.267 e. The third-order valence-corrected chi connectivity index (χ3v) is 5.12. The average Bonchev–Trinajstić information content (AvgIpc) is 3.27. The number of amides is 2. The number of carbonyl (C=O) groups is 2. The standard InChI is InChI=1S/C22H17BrN6O2/c23-19-9-5-4-8-18(19)22(31)26-25-21(30)17-12-10-15(11-13-17)14-29-27-20(24-28-29)16-6-2-1-3-7-16/h1-13H,14H2,(H,25,30)(H,26,31). The van der Waals surface area contributed by atoms with E-state index in [-0.39, 0.29) is 0 Å². The van der Waals surface area contributed by atoms with E-state index < -0.39 is 11.8 Å². The zero-order valence-corrected chi connectivity index (χ0v) is 17.8. The molecular weight excluding hydrogens is 460 g/mol. The molecule has 1 heterocycles. The molecule has 0 unspecified atom stereocenters. The normalized spacial score (nSPS) is 10.5. The van der Waals surface area contributed by atoms with Crippen LogP contribution in [0.3, 0.4) is 0 Å². The second-order valence-corrected chi connectivity index (χ2v) is 7.45. The van der Waals surface area contributed by atoms with Crippen LogP contribution in [0.2, 0.25) is 0 Å². The molecule has 1 aromatic heterocycles. The second kappa shape index (κ2) is 9.31. The van der Waals surface area contributed by atoms with Gasteiger partial charge in [0.1, 0.15) is 0 Å². The van der Waals surface area contributed by atoms with Crippen LogP contribution in [-0.2, 0) is 6.54 Å². The lowest BCUT2D eigenvalue weighted by atomic mass is 10.1.